The van der Waals surface area contributed by atoms with Gasteiger partial charge < -0.3 is 10.5 Å². The van der Waals surface area contributed by atoms with Crippen LogP contribution in [0.5, 0.6) is 5.75 Å². The van der Waals surface area contributed by atoms with E-state index in [2.05, 4.69) is 17.1 Å². The van der Waals surface area contributed by atoms with Crippen molar-refractivity contribution in [1.82, 2.24) is 4.90 Å². The van der Waals surface area contributed by atoms with E-state index in [1.807, 2.05) is 19.9 Å². The Hall–Kier alpha value is -2.04. The van der Waals surface area contributed by atoms with Crippen LogP contribution in [0.4, 0.5) is 0 Å². The summed E-state index contributed by atoms with van der Waals surface area (Å²) < 4.78 is 6.19. The fourth-order valence-electron chi connectivity index (χ4n) is 4.69. The van der Waals surface area contributed by atoms with E-state index < -0.39 is 11.1 Å². The fourth-order valence-corrected chi connectivity index (χ4v) is 4.69. The minimum atomic E-state index is -0.944. The standard InChI is InChI=1S/C20H27N3O2/c1-19(2)12-20(17(24)23(3)18(21)22-20)15-11-14(9-10-16(15)25-19)13-7-5-4-6-8-13/h9-11,13H,4-8,12H2,1-3H3,(H2,21,22). The van der Waals surface area contributed by atoms with Crippen molar-refractivity contribution < 1.29 is 9.53 Å². The Morgan fingerprint density at radius 3 is 2.60 bits per heavy atom. The highest BCUT2D eigenvalue weighted by molar-refractivity contribution is 6.07. The molecule has 1 spiro atoms. The summed E-state index contributed by atoms with van der Waals surface area (Å²) in [6, 6.07) is 6.35. The molecule has 1 aliphatic carbocycles. The molecule has 1 fully saturated rings. The zero-order valence-electron chi connectivity index (χ0n) is 15.3. The van der Waals surface area contributed by atoms with Gasteiger partial charge in [-0.1, -0.05) is 25.3 Å². The lowest BCUT2D eigenvalue weighted by molar-refractivity contribution is -0.133. The number of benzene rings is 1. The molecular weight excluding hydrogens is 314 g/mol. The lowest BCUT2D eigenvalue weighted by Gasteiger charge is -2.41. The minimum absolute atomic E-state index is 0.0524. The lowest BCUT2D eigenvalue weighted by atomic mass is 9.75. The van der Waals surface area contributed by atoms with E-state index in [4.69, 9.17) is 10.5 Å². The van der Waals surface area contributed by atoms with E-state index in [9.17, 15) is 4.79 Å². The van der Waals surface area contributed by atoms with Crippen LogP contribution in [0.2, 0.25) is 0 Å². The fraction of sp³-hybridized carbons (Fsp3) is 0.600. The number of fused-ring (bicyclic) bond motifs is 2. The number of nitrogens with two attached hydrogens (primary N) is 1. The Morgan fingerprint density at radius 2 is 1.96 bits per heavy atom. The topological polar surface area (TPSA) is 67.9 Å². The molecule has 25 heavy (non-hydrogen) atoms. The van der Waals surface area contributed by atoms with Gasteiger partial charge in [-0.15, -0.1) is 0 Å². The minimum Gasteiger partial charge on any atom is -0.487 e. The molecule has 1 amide bonds. The monoisotopic (exact) mass is 341 g/mol. The second kappa shape index (κ2) is 5.48. The molecule has 1 saturated carbocycles. The summed E-state index contributed by atoms with van der Waals surface area (Å²) in [5.41, 5.74) is 6.79. The number of hydrogen-bond donors (Lipinski definition) is 1. The van der Waals surface area contributed by atoms with Crippen molar-refractivity contribution in [2.24, 2.45) is 10.7 Å². The van der Waals surface area contributed by atoms with Crippen LogP contribution in [-0.2, 0) is 10.3 Å². The van der Waals surface area contributed by atoms with Gasteiger partial charge in [-0.3, -0.25) is 9.69 Å². The van der Waals surface area contributed by atoms with Gasteiger partial charge in [-0.2, -0.15) is 0 Å². The van der Waals surface area contributed by atoms with Crippen molar-refractivity contribution in [3.8, 4) is 5.75 Å². The maximum absolute atomic E-state index is 13.1. The van der Waals surface area contributed by atoms with Crippen LogP contribution in [0.15, 0.2) is 23.2 Å². The van der Waals surface area contributed by atoms with Crippen LogP contribution >= 0.6 is 0 Å². The number of amides is 1. The molecule has 4 rings (SSSR count). The number of likely N-dealkylation sites (N-methyl/N-ethyl adjacent to an activating group) is 1. The number of ether oxygens (including phenoxy) is 1. The number of rotatable bonds is 1. The van der Waals surface area contributed by atoms with Gasteiger partial charge in [0.1, 0.15) is 11.4 Å². The number of hydrogen-bond acceptors (Lipinski definition) is 4. The van der Waals surface area contributed by atoms with E-state index in [0.717, 1.165) is 11.3 Å². The van der Waals surface area contributed by atoms with Crippen LogP contribution in [0.1, 0.15) is 69.4 Å². The van der Waals surface area contributed by atoms with Gasteiger partial charge in [0.15, 0.2) is 11.5 Å². The van der Waals surface area contributed by atoms with E-state index in [1.165, 1.54) is 42.6 Å². The van der Waals surface area contributed by atoms with E-state index in [-0.39, 0.29) is 11.9 Å². The molecule has 5 nitrogen and oxygen atoms in total. The number of guanidine groups is 1. The smallest absolute Gasteiger partial charge is 0.261 e. The van der Waals surface area contributed by atoms with Crippen LogP contribution in [0.25, 0.3) is 0 Å². The molecule has 5 heteroatoms. The van der Waals surface area contributed by atoms with Crippen molar-refractivity contribution >= 4 is 11.9 Å². The van der Waals surface area contributed by atoms with Crippen molar-refractivity contribution in [2.75, 3.05) is 7.05 Å². The molecule has 0 saturated heterocycles. The molecule has 2 N–H and O–H groups in total. The summed E-state index contributed by atoms with van der Waals surface area (Å²) in [4.78, 5) is 19.2. The van der Waals surface area contributed by atoms with Crippen LogP contribution in [0.3, 0.4) is 0 Å². The van der Waals surface area contributed by atoms with Crippen molar-refractivity contribution in [2.45, 2.75) is 69.4 Å². The molecule has 0 radical (unpaired) electrons. The van der Waals surface area contributed by atoms with Crippen LogP contribution in [0, 0.1) is 0 Å². The summed E-state index contributed by atoms with van der Waals surface area (Å²) in [6.07, 6.45) is 6.83. The number of carbonyl (C=O) groups is 1. The molecule has 134 valence electrons. The van der Waals surface area contributed by atoms with Gasteiger partial charge >= 0.3 is 0 Å². The molecule has 2 heterocycles. The maximum atomic E-state index is 13.1. The largest absolute Gasteiger partial charge is 0.487 e. The molecule has 3 aliphatic rings. The first-order valence-electron chi connectivity index (χ1n) is 9.29. The third-order valence-electron chi connectivity index (χ3n) is 5.90. The Balaban J connectivity index is 1.84. The SMILES string of the molecule is CN1C(=O)C2(CC(C)(C)Oc3ccc(C4CCCCC4)cc32)N=C1N. The van der Waals surface area contributed by atoms with E-state index >= 15 is 0 Å². The first-order valence-corrected chi connectivity index (χ1v) is 9.29. The third-order valence-corrected chi connectivity index (χ3v) is 5.90. The average molecular weight is 341 g/mol. The second-order valence-corrected chi connectivity index (χ2v) is 8.32. The van der Waals surface area contributed by atoms with Gasteiger partial charge in [0.2, 0.25) is 0 Å². The predicted molar refractivity (Wildman–Crippen MR) is 97.7 cm³/mol. The average Bonchev–Trinajstić information content (AvgIpc) is 2.79. The molecule has 0 aromatic heterocycles. The highest BCUT2D eigenvalue weighted by Crippen LogP contribution is 2.50. The maximum Gasteiger partial charge on any atom is 0.261 e. The van der Waals surface area contributed by atoms with Crippen molar-refractivity contribution in [3.63, 3.8) is 0 Å². The van der Waals surface area contributed by atoms with Gasteiger partial charge in [-0.05, 0) is 50.3 Å². The van der Waals surface area contributed by atoms with Gasteiger partial charge in [0.05, 0.1) is 0 Å². The van der Waals surface area contributed by atoms with E-state index in [1.54, 1.807) is 7.05 Å². The number of carbonyl (C=O) groups excluding carboxylic acids is 1. The molecule has 1 aromatic carbocycles. The molecule has 1 aromatic rings. The highest BCUT2D eigenvalue weighted by atomic mass is 16.5. The van der Waals surface area contributed by atoms with Gasteiger partial charge in [-0.25, -0.2) is 4.99 Å². The van der Waals surface area contributed by atoms with Gasteiger partial charge in [0, 0.05) is 19.0 Å². The molecule has 2 aliphatic heterocycles. The highest BCUT2D eigenvalue weighted by Gasteiger charge is 2.55. The number of nitrogens with zero attached hydrogens (tertiary/aromatic N) is 2. The molecule has 1 atom stereocenters. The summed E-state index contributed by atoms with van der Waals surface area (Å²) in [7, 11) is 1.70. The van der Waals surface area contributed by atoms with Crippen LogP contribution < -0.4 is 10.5 Å². The Bertz CT molecular complexity index is 749. The summed E-state index contributed by atoms with van der Waals surface area (Å²) >= 11 is 0. The van der Waals surface area contributed by atoms with Gasteiger partial charge in [0.25, 0.3) is 5.91 Å². The zero-order chi connectivity index (χ0) is 17.8. The Kier molecular flexibility index (Phi) is 3.60. The van der Waals surface area contributed by atoms with E-state index in [0.29, 0.717) is 12.3 Å². The quantitative estimate of drug-likeness (QED) is 0.852. The third kappa shape index (κ3) is 2.52. The van der Waals surface area contributed by atoms with Crippen molar-refractivity contribution in [3.05, 3.63) is 29.3 Å². The molecule has 0 bridgehead atoms. The molecular formula is C20H27N3O2. The Labute approximate surface area is 149 Å². The van der Waals surface area contributed by atoms with Crippen molar-refractivity contribution in [1.29, 1.82) is 0 Å². The lowest BCUT2D eigenvalue weighted by Crippen LogP contribution is -2.49. The molecule has 1 unspecified atom stereocenters. The zero-order valence-corrected chi connectivity index (χ0v) is 15.3. The first kappa shape index (κ1) is 16.4. The second-order valence-electron chi connectivity index (χ2n) is 8.32. The predicted octanol–water partition coefficient (Wildman–Crippen LogP) is 3.28. The summed E-state index contributed by atoms with van der Waals surface area (Å²) in [5.74, 6) is 1.57. The summed E-state index contributed by atoms with van der Waals surface area (Å²) in [6.45, 7) is 4.01. The summed E-state index contributed by atoms with van der Waals surface area (Å²) in [5, 5.41) is 0. The number of aliphatic imine (C=N–C) groups is 1. The first-order chi connectivity index (χ1) is 11.8. The van der Waals surface area contributed by atoms with Crippen LogP contribution in [-0.4, -0.2) is 29.4 Å². The Morgan fingerprint density at radius 1 is 1.24 bits per heavy atom. The normalized spacial score (nSPS) is 28.7.